The van der Waals surface area contributed by atoms with Crippen molar-refractivity contribution in [3.8, 4) is 0 Å². The molecular formula is C12H25ClN2O2. The number of halogens is 1. The largest absolute Gasteiger partial charge is 0.371 e. The van der Waals surface area contributed by atoms with Gasteiger partial charge < -0.3 is 15.8 Å². The zero-order valence-electron chi connectivity index (χ0n) is 10.8. The summed E-state index contributed by atoms with van der Waals surface area (Å²) in [6, 6.07) is 0.0806. The van der Waals surface area contributed by atoms with Crippen molar-refractivity contribution in [1.82, 2.24) is 5.32 Å². The van der Waals surface area contributed by atoms with Crippen molar-refractivity contribution in [2.75, 3.05) is 19.8 Å². The number of hydrogen-bond donors (Lipinski definition) is 2. The van der Waals surface area contributed by atoms with Crippen LogP contribution in [0.15, 0.2) is 0 Å². The van der Waals surface area contributed by atoms with E-state index in [0.29, 0.717) is 18.4 Å². The average molecular weight is 265 g/mol. The smallest absolute Gasteiger partial charge is 0.246 e. The van der Waals surface area contributed by atoms with Crippen LogP contribution in [0.2, 0.25) is 0 Å². The summed E-state index contributed by atoms with van der Waals surface area (Å²) in [5.74, 6) is 1.20. The summed E-state index contributed by atoms with van der Waals surface area (Å²) in [6.45, 7) is 5.64. The van der Waals surface area contributed by atoms with Gasteiger partial charge in [0.2, 0.25) is 5.91 Å². The highest BCUT2D eigenvalue weighted by Crippen LogP contribution is 2.28. The fraction of sp³-hybridized carbons (Fsp3) is 0.917. The quantitative estimate of drug-likeness (QED) is 0.695. The number of carbonyl (C=O) groups excluding carboxylic acids is 1. The molecule has 0 aromatic heterocycles. The molecule has 5 heteroatoms. The average Bonchev–Trinajstić information content (AvgIpc) is 3.00. The second-order valence-corrected chi connectivity index (χ2v) is 5.09. The number of ether oxygens (including phenoxy) is 1. The highest BCUT2D eigenvalue weighted by atomic mass is 35.5. The molecule has 0 bridgehead atoms. The summed E-state index contributed by atoms with van der Waals surface area (Å²) in [7, 11) is 0. The molecule has 0 aromatic rings. The summed E-state index contributed by atoms with van der Waals surface area (Å²) in [6.07, 6.45) is 3.42. The van der Waals surface area contributed by atoms with Crippen LogP contribution in [0, 0.1) is 11.8 Å². The Labute approximate surface area is 110 Å². The van der Waals surface area contributed by atoms with E-state index in [0.717, 1.165) is 13.0 Å². The van der Waals surface area contributed by atoms with Crippen LogP contribution in [0.25, 0.3) is 0 Å². The van der Waals surface area contributed by atoms with Crippen LogP contribution < -0.4 is 11.1 Å². The van der Waals surface area contributed by atoms with Gasteiger partial charge in [-0.25, -0.2) is 0 Å². The molecule has 102 valence electrons. The molecule has 3 N–H and O–H groups in total. The first-order valence-electron chi connectivity index (χ1n) is 6.19. The second kappa shape index (κ2) is 8.72. The van der Waals surface area contributed by atoms with E-state index in [1.807, 2.05) is 0 Å². The molecule has 1 atom stereocenters. The van der Waals surface area contributed by atoms with E-state index in [-0.39, 0.29) is 31.0 Å². The number of amides is 1. The molecule has 0 heterocycles. The van der Waals surface area contributed by atoms with Crippen LogP contribution in [0.4, 0.5) is 0 Å². The first-order valence-corrected chi connectivity index (χ1v) is 6.19. The number of rotatable bonds is 8. The molecular weight excluding hydrogens is 240 g/mol. The monoisotopic (exact) mass is 264 g/mol. The van der Waals surface area contributed by atoms with E-state index >= 15 is 0 Å². The molecule has 0 spiro atoms. The van der Waals surface area contributed by atoms with Gasteiger partial charge in [-0.2, -0.15) is 0 Å². The number of nitrogens with two attached hydrogens (primary N) is 1. The molecule has 0 radical (unpaired) electrons. The Hall–Kier alpha value is -0.320. The van der Waals surface area contributed by atoms with Crippen molar-refractivity contribution in [1.29, 1.82) is 0 Å². The lowest BCUT2D eigenvalue weighted by Crippen LogP contribution is -2.42. The summed E-state index contributed by atoms with van der Waals surface area (Å²) in [5.41, 5.74) is 5.60. The number of nitrogens with one attached hydrogen (secondary N) is 1. The highest BCUT2D eigenvalue weighted by molar-refractivity contribution is 5.85. The van der Waals surface area contributed by atoms with Gasteiger partial charge in [-0.3, -0.25) is 4.79 Å². The van der Waals surface area contributed by atoms with Gasteiger partial charge in [0.15, 0.2) is 0 Å². The minimum atomic E-state index is -0.0447. The topological polar surface area (TPSA) is 64.3 Å². The van der Waals surface area contributed by atoms with E-state index in [1.54, 1.807) is 0 Å². The molecule has 0 aliphatic heterocycles. The lowest BCUT2D eigenvalue weighted by Gasteiger charge is -2.18. The maximum Gasteiger partial charge on any atom is 0.246 e. The van der Waals surface area contributed by atoms with Crippen molar-refractivity contribution in [3.05, 3.63) is 0 Å². The number of carbonyl (C=O) groups is 1. The molecule has 1 fully saturated rings. The SMILES string of the molecule is CC(C)CC(CN)NC(=O)COCC1CC1.Cl. The Balaban J connectivity index is 0.00000256. The van der Waals surface area contributed by atoms with E-state index < -0.39 is 0 Å². The van der Waals surface area contributed by atoms with Crippen molar-refractivity contribution in [2.24, 2.45) is 17.6 Å². The third-order valence-corrected chi connectivity index (χ3v) is 2.69. The maximum absolute atomic E-state index is 11.5. The van der Waals surface area contributed by atoms with Crippen LogP contribution in [0.1, 0.15) is 33.1 Å². The standard InChI is InChI=1S/C12H24N2O2.ClH/c1-9(2)5-11(6-13)14-12(15)8-16-7-10-3-4-10;/h9-11H,3-8,13H2,1-2H3,(H,14,15);1H. The summed E-state index contributed by atoms with van der Waals surface area (Å²) >= 11 is 0. The van der Waals surface area contributed by atoms with Gasteiger partial charge in [0, 0.05) is 12.6 Å². The normalized spacial score (nSPS) is 16.5. The van der Waals surface area contributed by atoms with Gasteiger partial charge in [-0.05, 0) is 31.1 Å². The predicted molar refractivity (Wildman–Crippen MR) is 71.2 cm³/mol. The lowest BCUT2D eigenvalue weighted by atomic mass is 10.0. The minimum Gasteiger partial charge on any atom is -0.371 e. The molecule has 17 heavy (non-hydrogen) atoms. The Kier molecular flexibility index (Phi) is 8.56. The number of hydrogen-bond acceptors (Lipinski definition) is 3. The van der Waals surface area contributed by atoms with Gasteiger partial charge in [-0.1, -0.05) is 13.8 Å². The molecule has 0 aromatic carbocycles. The first kappa shape index (κ1) is 16.7. The Morgan fingerprint density at radius 2 is 2.12 bits per heavy atom. The fourth-order valence-corrected chi connectivity index (χ4v) is 1.66. The molecule has 1 aliphatic rings. The summed E-state index contributed by atoms with van der Waals surface area (Å²) < 4.78 is 5.32. The fourth-order valence-electron chi connectivity index (χ4n) is 1.66. The Bertz CT molecular complexity index is 221. The Morgan fingerprint density at radius 3 is 2.59 bits per heavy atom. The maximum atomic E-state index is 11.5. The molecule has 1 amide bonds. The van der Waals surface area contributed by atoms with Gasteiger partial charge in [0.25, 0.3) is 0 Å². The highest BCUT2D eigenvalue weighted by Gasteiger charge is 2.21. The van der Waals surface area contributed by atoms with Crippen molar-refractivity contribution in [2.45, 2.75) is 39.2 Å². The molecule has 4 nitrogen and oxygen atoms in total. The molecule has 1 unspecified atom stereocenters. The lowest BCUT2D eigenvalue weighted by molar-refractivity contribution is -0.126. The summed E-state index contributed by atoms with van der Waals surface area (Å²) in [5, 5.41) is 2.90. The van der Waals surface area contributed by atoms with E-state index in [2.05, 4.69) is 19.2 Å². The zero-order chi connectivity index (χ0) is 12.0. The molecule has 1 rings (SSSR count). The van der Waals surface area contributed by atoms with E-state index in [9.17, 15) is 4.79 Å². The van der Waals surface area contributed by atoms with Crippen LogP contribution in [-0.4, -0.2) is 31.7 Å². The van der Waals surface area contributed by atoms with Crippen LogP contribution in [-0.2, 0) is 9.53 Å². The van der Waals surface area contributed by atoms with Crippen molar-refractivity contribution >= 4 is 18.3 Å². The van der Waals surface area contributed by atoms with Gasteiger partial charge >= 0.3 is 0 Å². The predicted octanol–water partition coefficient (Wildman–Crippen LogP) is 1.32. The second-order valence-electron chi connectivity index (χ2n) is 5.09. The summed E-state index contributed by atoms with van der Waals surface area (Å²) in [4.78, 5) is 11.5. The third kappa shape index (κ3) is 8.41. The molecule has 0 saturated heterocycles. The third-order valence-electron chi connectivity index (χ3n) is 2.69. The van der Waals surface area contributed by atoms with Gasteiger partial charge in [0.05, 0.1) is 6.61 Å². The van der Waals surface area contributed by atoms with Crippen LogP contribution in [0.5, 0.6) is 0 Å². The van der Waals surface area contributed by atoms with E-state index in [4.69, 9.17) is 10.5 Å². The molecule has 1 saturated carbocycles. The minimum absolute atomic E-state index is 0. The first-order chi connectivity index (χ1) is 7.61. The van der Waals surface area contributed by atoms with Gasteiger partial charge in [-0.15, -0.1) is 12.4 Å². The van der Waals surface area contributed by atoms with E-state index in [1.165, 1.54) is 12.8 Å². The molecule has 1 aliphatic carbocycles. The van der Waals surface area contributed by atoms with Crippen LogP contribution >= 0.6 is 12.4 Å². The van der Waals surface area contributed by atoms with Crippen LogP contribution in [0.3, 0.4) is 0 Å². The van der Waals surface area contributed by atoms with Crippen molar-refractivity contribution < 1.29 is 9.53 Å². The Morgan fingerprint density at radius 1 is 1.47 bits per heavy atom. The zero-order valence-corrected chi connectivity index (χ0v) is 11.6. The van der Waals surface area contributed by atoms with Crippen molar-refractivity contribution in [3.63, 3.8) is 0 Å². The van der Waals surface area contributed by atoms with Gasteiger partial charge in [0.1, 0.15) is 6.61 Å².